The Kier molecular flexibility index (Phi) is 7.75. The number of nitrogens with one attached hydrogen (secondary N) is 2. The van der Waals surface area contributed by atoms with Crippen molar-refractivity contribution in [2.75, 3.05) is 29.8 Å². The Hall–Kier alpha value is -4.50. The first kappa shape index (κ1) is 27.7. The number of thiophene rings is 1. The lowest BCUT2D eigenvalue weighted by atomic mass is 10.1. The van der Waals surface area contributed by atoms with E-state index in [0.717, 1.165) is 11.3 Å². The third kappa shape index (κ3) is 5.16. The largest absolute Gasteiger partial charge is 0.493 e. The van der Waals surface area contributed by atoms with E-state index in [1.54, 1.807) is 30.5 Å². The van der Waals surface area contributed by atoms with Gasteiger partial charge < -0.3 is 24.8 Å². The molecular formula is C29H23IN6O5S. The van der Waals surface area contributed by atoms with Gasteiger partial charge in [0.2, 0.25) is 0 Å². The molecule has 2 N–H and O–H groups in total. The highest BCUT2D eigenvalue weighted by Crippen LogP contribution is 2.45. The number of methoxy groups -OCH3 is 2. The number of anilines is 4. The van der Waals surface area contributed by atoms with Crippen LogP contribution in [-0.4, -0.2) is 41.1 Å². The van der Waals surface area contributed by atoms with E-state index >= 15 is 0 Å². The molecule has 0 bridgehead atoms. The summed E-state index contributed by atoms with van der Waals surface area (Å²) < 4.78 is 17.3. The summed E-state index contributed by atoms with van der Waals surface area (Å²) in [6.07, 6.45) is 3.12. The van der Waals surface area contributed by atoms with Gasteiger partial charge in [-0.15, -0.1) is 11.3 Å². The maximum atomic E-state index is 13.5. The average molecular weight is 695 g/mol. The second-order valence-corrected chi connectivity index (χ2v) is 10.8. The number of rotatable bonds is 9. The first-order valence-corrected chi connectivity index (χ1v) is 15.0. The van der Waals surface area contributed by atoms with Crippen LogP contribution in [0.2, 0.25) is 0 Å². The molecule has 0 aliphatic carbocycles. The predicted octanol–water partition coefficient (Wildman–Crippen LogP) is 6.55. The van der Waals surface area contributed by atoms with Crippen LogP contribution >= 0.6 is 33.9 Å². The Labute approximate surface area is 258 Å². The quantitative estimate of drug-likeness (QED) is 0.131. The van der Waals surface area contributed by atoms with Crippen LogP contribution in [0.25, 0.3) is 10.2 Å². The van der Waals surface area contributed by atoms with Crippen LogP contribution < -0.4 is 29.7 Å². The summed E-state index contributed by atoms with van der Waals surface area (Å²) in [6.45, 7) is 0.326. The van der Waals surface area contributed by atoms with E-state index in [2.05, 4.69) is 48.2 Å². The first-order valence-electron chi connectivity index (χ1n) is 12.6. The molecular weight excluding hydrogens is 671 g/mol. The number of hydrogen-bond acceptors (Lipinski definition) is 9. The molecule has 0 atom stereocenters. The van der Waals surface area contributed by atoms with E-state index in [1.807, 2.05) is 30.3 Å². The lowest BCUT2D eigenvalue weighted by molar-refractivity contribution is 0.103. The number of carbonyl (C=O) groups is 2. The van der Waals surface area contributed by atoms with Crippen LogP contribution in [0, 0.1) is 0 Å². The molecule has 0 unspecified atom stereocenters. The van der Waals surface area contributed by atoms with Crippen molar-refractivity contribution < 1.29 is 23.8 Å². The molecule has 4 heterocycles. The third-order valence-electron chi connectivity index (χ3n) is 6.51. The van der Waals surface area contributed by atoms with E-state index in [1.165, 1.54) is 36.8 Å². The number of halogens is 1. The standard InChI is InChI=1S/C29H23IN6O5S/c1-39-21-8-6-17(12-22(21)40-2)34-27(37)25-24-23-26(32-15-33-28(23)42-25)36(29(38)35-24)19-7-9-20(16(11-19)13-30)41-14-18-5-3-4-10-31-18/h3-12,15H,13-14H2,1-2H3,(H,34,37)(H,35,38). The second kappa shape index (κ2) is 11.8. The molecule has 42 heavy (non-hydrogen) atoms. The van der Waals surface area contributed by atoms with Crippen molar-refractivity contribution in [2.24, 2.45) is 0 Å². The van der Waals surface area contributed by atoms with Crippen molar-refractivity contribution in [3.63, 3.8) is 0 Å². The molecule has 0 saturated carbocycles. The summed E-state index contributed by atoms with van der Waals surface area (Å²) in [5.41, 5.74) is 3.21. The minimum Gasteiger partial charge on any atom is -0.493 e. The molecule has 6 rings (SSSR count). The van der Waals surface area contributed by atoms with Gasteiger partial charge in [-0.2, -0.15) is 0 Å². The van der Waals surface area contributed by atoms with E-state index < -0.39 is 11.9 Å². The fourth-order valence-corrected chi connectivity index (χ4v) is 6.14. The van der Waals surface area contributed by atoms with Crippen molar-refractivity contribution in [3.8, 4) is 17.2 Å². The number of aromatic nitrogens is 3. The normalized spacial score (nSPS) is 12.2. The summed E-state index contributed by atoms with van der Waals surface area (Å²) >= 11 is 3.44. The van der Waals surface area contributed by atoms with E-state index in [4.69, 9.17) is 14.2 Å². The average Bonchev–Trinajstić information content (AvgIpc) is 3.40. The number of urea groups is 1. The Bertz CT molecular complexity index is 1820. The lowest BCUT2D eigenvalue weighted by Crippen LogP contribution is -2.35. The number of carbonyl (C=O) groups excluding carboxylic acids is 2. The number of ether oxygens (including phenoxy) is 3. The third-order valence-corrected chi connectivity index (χ3v) is 8.43. The van der Waals surface area contributed by atoms with Gasteiger partial charge in [0.05, 0.1) is 36.7 Å². The van der Waals surface area contributed by atoms with E-state index in [9.17, 15) is 9.59 Å². The number of benzene rings is 2. The maximum absolute atomic E-state index is 13.5. The fraction of sp³-hybridized carbons (Fsp3) is 0.138. The number of nitrogens with zero attached hydrogens (tertiary/aromatic N) is 4. The Morgan fingerprint density at radius 1 is 1.02 bits per heavy atom. The van der Waals surface area contributed by atoms with Crippen molar-refractivity contribution >= 4 is 79.0 Å². The lowest BCUT2D eigenvalue weighted by Gasteiger charge is -2.27. The molecule has 5 aromatic rings. The minimum absolute atomic E-state index is 0.306. The monoisotopic (exact) mass is 694 g/mol. The molecule has 212 valence electrons. The Morgan fingerprint density at radius 2 is 1.86 bits per heavy atom. The van der Waals surface area contributed by atoms with Crippen LogP contribution in [0.3, 0.4) is 0 Å². The van der Waals surface area contributed by atoms with Gasteiger partial charge in [0.15, 0.2) is 17.3 Å². The molecule has 1 aliphatic heterocycles. The van der Waals surface area contributed by atoms with Crippen molar-refractivity contribution in [3.05, 3.63) is 83.3 Å². The van der Waals surface area contributed by atoms with Crippen molar-refractivity contribution in [1.82, 2.24) is 15.0 Å². The van der Waals surface area contributed by atoms with Crippen LogP contribution in [0.15, 0.2) is 67.1 Å². The van der Waals surface area contributed by atoms with Gasteiger partial charge >= 0.3 is 6.03 Å². The Balaban J connectivity index is 1.31. The van der Waals surface area contributed by atoms with Crippen molar-refractivity contribution in [1.29, 1.82) is 0 Å². The zero-order chi connectivity index (χ0) is 29.2. The highest BCUT2D eigenvalue weighted by atomic mass is 127. The zero-order valence-corrected chi connectivity index (χ0v) is 25.4. The van der Waals surface area contributed by atoms with Crippen LogP contribution in [0.4, 0.5) is 27.7 Å². The topological polar surface area (TPSA) is 128 Å². The first-order chi connectivity index (χ1) is 20.5. The smallest absolute Gasteiger partial charge is 0.332 e. The summed E-state index contributed by atoms with van der Waals surface area (Å²) in [5.74, 6) is 1.71. The van der Waals surface area contributed by atoms with Crippen LogP contribution in [0.1, 0.15) is 20.9 Å². The van der Waals surface area contributed by atoms with Crippen LogP contribution in [0.5, 0.6) is 17.2 Å². The maximum Gasteiger partial charge on any atom is 0.332 e. The highest BCUT2D eigenvalue weighted by molar-refractivity contribution is 14.1. The molecule has 13 heteroatoms. The summed E-state index contributed by atoms with van der Waals surface area (Å²) in [7, 11) is 3.06. The van der Waals surface area contributed by atoms with Gasteiger partial charge in [-0.3, -0.25) is 9.78 Å². The zero-order valence-electron chi connectivity index (χ0n) is 22.4. The molecule has 0 spiro atoms. The number of alkyl halides is 1. The fourth-order valence-electron chi connectivity index (χ4n) is 4.55. The Morgan fingerprint density at radius 3 is 2.62 bits per heavy atom. The van der Waals surface area contributed by atoms with Gasteiger partial charge in [-0.05, 0) is 42.5 Å². The molecule has 0 radical (unpaired) electrons. The predicted molar refractivity (Wildman–Crippen MR) is 169 cm³/mol. The van der Waals surface area contributed by atoms with Gasteiger partial charge in [0.1, 0.15) is 28.4 Å². The van der Waals surface area contributed by atoms with E-state index in [-0.39, 0.29) is 0 Å². The molecule has 2 aromatic carbocycles. The minimum atomic E-state index is -0.442. The van der Waals surface area contributed by atoms with Crippen LogP contribution in [-0.2, 0) is 11.0 Å². The summed E-state index contributed by atoms with van der Waals surface area (Å²) in [6, 6.07) is 15.8. The number of pyridine rings is 1. The molecule has 3 aromatic heterocycles. The van der Waals surface area contributed by atoms with Crippen molar-refractivity contribution in [2.45, 2.75) is 11.0 Å². The van der Waals surface area contributed by atoms with Gasteiger partial charge in [0, 0.05) is 27.9 Å². The summed E-state index contributed by atoms with van der Waals surface area (Å²) in [4.78, 5) is 42.4. The van der Waals surface area contributed by atoms with E-state index in [0.29, 0.717) is 66.3 Å². The molecule has 0 saturated heterocycles. The van der Waals surface area contributed by atoms with Gasteiger partial charge in [0.25, 0.3) is 5.91 Å². The molecule has 1 aliphatic rings. The van der Waals surface area contributed by atoms with Gasteiger partial charge in [-0.1, -0.05) is 28.7 Å². The number of amides is 3. The highest BCUT2D eigenvalue weighted by Gasteiger charge is 2.34. The molecule has 11 nitrogen and oxygen atoms in total. The number of hydrogen-bond donors (Lipinski definition) is 2. The van der Waals surface area contributed by atoms with Gasteiger partial charge in [-0.25, -0.2) is 19.7 Å². The molecule has 3 amide bonds. The molecule has 0 fully saturated rings. The summed E-state index contributed by atoms with van der Waals surface area (Å²) in [5, 5.41) is 6.36. The second-order valence-electron chi connectivity index (χ2n) is 9.01. The SMILES string of the molecule is COc1ccc(NC(=O)c2sc3ncnc4c3c2NC(=O)N4c2ccc(OCc3ccccn3)c(CI)c2)cc1OC.